The van der Waals surface area contributed by atoms with E-state index in [1.165, 1.54) is 4.88 Å². The zero-order chi connectivity index (χ0) is 11.8. The second-order valence-electron chi connectivity index (χ2n) is 3.83. The van der Waals surface area contributed by atoms with Crippen molar-refractivity contribution in [2.75, 3.05) is 5.73 Å². The number of aryl methyl sites for hydroxylation is 1. The Hall–Kier alpha value is -1.88. The molecule has 0 unspecified atom stereocenters. The number of hydrogen-bond donors (Lipinski definition) is 1. The van der Waals surface area contributed by atoms with E-state index in [4.69, 9.17) is 5.73 Å². The summed E-state index contributed by atoms with van der Waals surface area (Å²) in [5.41, 5.74) is 7.32. The summed E-state index contributed by atoms with van der Waals surface area (Å²) in [6.07, 6.45) is 2.90. The van der Waals surface area contributed by atoms with E-state index in [0.29, 0.717) is 5.69 Å². The van der Waals surface area contributed by atoms with Gasteiger partial charge in [-0.2, -0.15) is 0 Å². The Kier molecular flexibility index (Phi) is 2.33. The van der Waals surface area contributed by atoms with Gasteiger partial charge in [0, 0.05) is 16.8 Å². The number of nitrogens with zero attached hydrogens (tertiary/aromatic N) is 3. The average molecular weight is 244 g/mol. The molecule has 86 valence electrons. The van der Waals surface area contributed by atoms with Crippen molar-refractivity contribution in [3.8, 4) is 10.7 Å². The maximum absolute atomic E-state index is 5.79. The molecule has 4 nitrogen and oxygen atoms in total. The van der Waals surface area contributed by atoms with Crippen molar-refractivity contribution in [1.82, 2.24) is 14.6 Å². The van der Waals surface area contributed by atoms with Crippen molar-refractivity contribution in [2.24, 2.45) is 0 Å². The highest BCUT2D eigenvalue weighted by Gasteiger charge is 2.10. The first-order valence-electron chi connectivity index (χ1n) is 5.47. The highest BCUT2D eigenvalue weighted by atomic mass is 32.1. The standard InChI is InChI=1S/C12H12N4S/c1-2-9-4-5-10(17-9)12-15-14-11-6-3-8(13)7-16(11)12/h3-7H,2,13H2,1H3. The molecular formula is C12H12N4S. The van der Waals surface area contributed by atoms with Crippen LogP contribution >= 0.6 is 11.3 Å². The minimum Gasteiger partial charge on any atom is -0.398 e. The summed E-state index contributed by atoms with van der Waals surface area (Å²) in [7, 11) is 0. The lowest BCUT2D eigenvalue weighted by Gasteiger charge is -1.98. The zero-order valence-corrected chi connectivity index (χ0v) is 10.2. The molecule has 0 fully saturated rings. The summed E-state index contributed by atoms with van der Waals surface area (Å²) in [4.78, 5) is 2.47. The predicted octanol–water partition coefficient (Wildman–Crippen LogP) is 2.60. The van der Waals surface area contributed by atoms with Crippen LogP contribution in [0.1, 0.15) is 11.8 Å². The number of rotatable bonds is 2. The predicted molar refractivity (Wildman–Crippen MR) is 70.1 cm³/mol. The van der Waals surface area contributed by atoms with Gasteiger partial charge in [-0.1, -0.05) is 6.92 Å². The highest BCUT2D eigenvalue weighted by molar-refractivity contribution is 7.15. The molecule has 0 spiro atoms. The normalized spacial score (nSPS) is 11.1. The van der Waals surface area contributed by atoms with Gasteiger partial charge in [0.15, 0.2) is 11.5 Å². The molecule has 5 heteroatoms. The van der Waals surface area contributed by atoms with E-state index in [0.717, 1.165) is 22.8 Å². The quantitative estimate of drug-likeness (QED) is 0.754. The SMILES string of the molecule is CCc1ccc(-c2nnc3ccc(N)cn23)s1. The maximum Gasteiger partial charge on any atom is 0.178 e. The number of aromatic nitrogens is 3. The van der Waals surface area contributed by atoms with Gasteiger partial charge >= 0.3 is 0 Å². The average Bonchev–Trinajstić information content (AvgIpc) is 2.93. The number of anilines is 1. The van der Waals surface area contributed by atoms with Crippen LogP contribution in [0.4, 0.5) is 5.69 Å². The van der Waals surface area contributed by atoms with E-state index in [1.807, 2.05) is 22.7 Å². The summed E-state index contributed by atoms with van der Waals surface area (Å²) in [6, 6.07) is 7.93. The summed E-state index contributed by atoms with van der Waals surface area (Å²) in [5.74, 6) is 0.858. The first-order chi connectivity index (χ1) is 8.28. The van der Waals surface area contributed by atoms with Crippen LogP contribution < -0.4 is 5.73 Å². The molecule has 0 bridgehead atoms. The number of nitrogens with two attached hydrogens (primary N) is 1. The first-order valence-corrected chi connectivity index (χ1v) is 6.29. The summed E-state index contributed by atoms with van der Waals surface area (Å²) >= 11 is 1.75. The summed E-state index contributed by atoms with van der Waals surface area (Å²) in [5, 5.41) is 8.36. The van der Waals surface area contributed by atoms with Crippen LogP contribution in [0.25, 0.3) is 16.3 Å². The molecule has 0 aliphatic rings. The van der Waals surface area contributed by atoms with E-state index >= 15 is 0 Å². The van der Waals surface area contributed by atoms with Crippen molar-refractivity contribution in [2.45, 2.75) is 13.3 Å². The Morgan fingerprint density at radius 2 is 2.12 bits per heavy atom. The molecule has 0 saturated carbocycles. The van der Waals surface area contributed by atoms with Crippen LogP contribution in [-0.4, -0.2) is 14.6 Å². The number of pyridine rings is 1. The van der Waals surface area contributed by atoms with Gasteiger partial charge in [-0.25, -0.2) is 0 Å². The third-order valence-electron chi connectivity index (χ3n) is 2.66. The van der Waals surface area contributed by atoms with Gasteiger partial charge in [0.1, 0.15) is 0 Å². The zero-order valence-electron chi connectivity index (χ0n) is 9.42. The van der Waals surface area contributed by atoms with Gasteiger partial charge in [0.05, 0.1) is 4.88 Å². The second-order valence-corrected chi connectivity index (χ2v) is 5.00. The minimum atomic E-state index is 0.714. The van der Waals surface area contributed by atoms with E-state index in [2.05, 4.69) is 29.3 Å². The second kappa shape index (κ2) is 3.85. The Morgan fingerprint density at radius 1 is 1.24 bits per heavy atom. The van der Waals surface area contributed by atoms with Gasteiger partial charge in [0.2, 0.25) is 0 Å². The van der Waals surface area contributed by atoms with Crippen LogP contribution in [0.3, 0.4) is 0 Å². The van der Waals surface area contributed by atoms with Gasteiger partial charge in [0.25, 0.3) is 0 Å². The van der Waals surface area contributed by atoms with E-state index in [-0.39, 0.29) is 0 Å². The molecule has 3 aromatic heterocycles. The third kappa shape index (κ3) is 1.68. The molecule has 0 aromatic carbocycles. The number of fused-ring (bicyclic) bond motifs is 1. The number of thiophene rings is 1. The molecule has 0 atom stereocenters. The van der Waals surface area contributed by atoms with Crippen LogP contribution in [0, 0.1) is 0 Å². The van der Waals surface area contributed by atoms with Gasteiger partial charge in [-0.05, 0) is 30.7 Å². The van der Waals surface area contributed by atoms with Gasteiger partial charge in [-0.3, -0.25) is 4.40 Å². The smallest absolute Gasteiger partial charge is 0.178 e. The third-order valence-corrected chi connectivity index (χ3v) is 3.88. The molecule has 17 heavy (non-hydrogen) atoms. The number of nitrogen functional groups attached to an aromatic ring is 1. The molecule has 3 aromatic rings. The summed E-state index contributed by atoms with van der Waals surface area (Å²) in [6.45, 7) is 2.15. The minimum absolute atomic E-state index is 0.714. The van der Waals surface area contributed by atoms with Crippen molar-refractivity contribution >= 4 is 22.7 Å². The van der Waals surface area contributed by atoms with Crippen LogP contribution in [0.5, 0.6) is 0 Å². The molecule has 2 N–H and O–H groups in total. The fourth-order valence-electron chi connectivity index (χ4n) is 1.76. The summed E-state index contributed by atoms with van der Waals surface area (Å²) < 4.78 is 1.93. The molecule has 0 aliphatic carbocycles. The van der Waals surface area contributed by atoms with Crippen LogP contribution in [0.15, 0.2) is 30.5 Å². The lowest BCUT2D eigenvalue weighted by atomic mass is 10.3. The largest absolute Gasteiger partial charge is 0.398 e. The fourth-order valence-corrected chi connectivity index (χ4v) is 2.69. The van der Waals surface area contributed by atoms with E-state index in [1.54, 1.807) is 11.3 Å². The van der Waals surface area contributed by atoms with Crippen molar-refractivity contribution in [1.29, 1.82) is 0 Å². The van der Waals surface area contributed by atoms with Crippen molar-refractivity contribution in [3.63, 3.8) is 0 Å². The molecule has 3 rings (SSSR count). The van der Waals surface area contributed by atoms with E-state index in [9.17, 15) is 0 Å². The molecule has 3 heterocycles. The van der Waals surface area contributed by atoms with Crippen molar-refractivity contribution in [3.05, 3.63) is 35.3 Å². The highest BCUT2D eigenvalue weighted by Crippen LogP contribution is 2.27. The van der Waals surface area contributed by atoms with E-state index < -0.39 is 0 Å². The van der Waals surface area contributed by atoms with Crippen LogP contribution in [0.2, 0.25) is 0 Å². The Balaban J connectivity index is 2.19. The van der Waals surface area contributed by atoms with Crippen molar-refractivity contribution < 1.29 is 0 Å². The van der Waals surface area contributed by atoms with Gasteiger partial charge in [-0.15, -0.1) is 21.5 Å². The maximum atomic E-state index is 5.79. The molecule has 0 radical (unpaired) electrons. The first kappa shape index (κ1) is 10.3. The Morgan fingerprint density at radius 3 is 2.88 bits per heavy atom. The Labute approximate surface area is 103 Å². The monoisotopic (exact) mass is 244 g/mol. The fraction of sp³-hybridized carbons (Fsp3) is 0.167. The lowest BCUT2D eigenvalue weighted by Crippen LogP contribution is -1.91. The van der Waals surface area contributed by atoms with Gasteiger partial charge < -0.3 is 5.73 Å². The number of hydrogen-bond acceptors (Lipinski definition) is 4. The molecule has 0 amide bonds. The lowest BCUT2D eigenvalue weighted by molar-refractivity contribution is 1.12. The topological polar surface area (TPSA) is 56.2 Å². The molecule has 0 aliphatic heterocycles. The Bertz CT molecular complexity index is 668. The van der Waals surface area contributed by atoms with Crippen LogP contribution in [-0.2, 0) is 6.42 Å². The molecular weight excluding hydrogens is 232 g/mol. The molecule has 0 saturated heterocycles.